The molecule has 2 rings (SSSR count). The van der Waals surface area contributed by atoms with Gasteiger partial charge in [-0.2, -0.15) is 12.8 Å². The molecule has 22 heavy (non-hydrogen) atoms. The Morgan fingerprint density at radius 2 is 2.23 bits per heavy atom. The van der Waals surface area contributed by atoms with Crippen LogP contribution in [-0.4, -0.2) is 29.8 Å². The van der Waals surface area contributed by atoms with Gasteiger partial charge in [-0.05, 0) is 23.4 Å². The number of amidine groups is 1. The molecule has 12 heteroatoms. The van der Waals surface area contributed by atoms with Crippen molar-refractivity contribution >= 4 is 33.6 Å². The summed E-state index contributed by atoms with van der Waals surface area (Å²) >= 11 is 5.62. The standard InChI is InChI=1S/C10H7ClFN5O4S/c11-6-3-5(1-2-7(6)12)14-10(15-18)9-8(16-21-17-9)4-13-22(19)20/h1-3,18H,4H2,(H,14,15). The predicted octanol–water partition coefficient (Wildman–Crippen LogP) is 1.48. The summed E-state index contributed by atoms with van der Waals surface area (Å²) in [4.78, 5) is 3.96. The monoisotopic (exact) mass is 347 g/mol. The lowest BCUT2D eigenvalue weighted by Gasteiger charge is -2.02. The minimum Gasteiger partial charge on any atom is -0.290 e. The molecule has 0 unspecified atom stereocenters. The fourth-order valence-corrected chi connectivity index (χ4v) is 1.82. The van der Waals surface area contributed by atoms with E-state index < -0.39 is 16.3 Å². The van der Waals surface area contributed by atoms with Crippen molar-refractivity contribution < 1.29 is 22.6 Å². The number of hydrogen-bond donors (Lipinski definition) is 2. The van der Waals surface area contributed by atoms with E-state index in [1.165, 1.54) is 12.1 Å². The number of nitrogens with one attached hydrogen (secondary N) is 1. The minimum absolute atomic E-state index is 0.0257. The summed E-state index contributed by atoms with van der Waals surface area (Å²) in [5.74, 6) is -0.828. The van der Waals surface area contributed by atoms with Crippen molar-refractivity contribution in [1.82, 2.24) is 15.8 Å². The highest BCUT2D eigenvalue weighted by molar-refractivity contribution is 7.61. The van der Waals surface area contributed by atoms with Gasteiger partial charge >= 0.3 is 10.5 Å². The third-order valence-electron chi connectivity index (χ3n) is 2.35. The van der Waals surface area contributed by atoms with E-state index in [-0.39, 0.29) is 34.5 Å². The fraction of sp³-hybridized carbons (Fsp3) is 0.100. The van der Waals surface area contributed by atoms with Crippen LogP contribution in [0.15, 0.2) is 32.2 Å². The maximum absolute atomic E-state index is 13.1. The molecule has 1 aromatic heterocycles. The number of nitrogens with zero attached hydrogens (tertiary/aromatic N) is 4. The van der Waals surface area contributed by atoms with Crippen molar-refractivity contribution in [3.63, 3.8) is 0 Å². The van der Waals surface area contributed by atoms with Crippen LogP contribution in [0.2, 0.25) is 5.02 Å². The van der Waals surface area contributed by atoms with Crippen molar-refractivity contribution in [2.45, 2.75) is 6.54 Å². The normalized spacial score (nSPS) is 11.3. The van der Waals surface area contributed by atoms with Gasteiger partial charge in [0.25, 0.3) is 0 Å². The molecule has 0 bridgehead atoms. The van der Waals surface area contributed by atoms with Gasteiger partial charge in [0.05, 0.1) is 10.7 Å². The Kier molecular flexibility index (Phi) is 5.14. The summed E-state index contributed by atoms with van der Waals surface area (Å²) in [7, 11) is -2.63. The molecule has 1 heterocycles. The zero-order valence-corrected chi connectivity index (χ0v) is 12.1. The van der Waals surface area contributed by atoms with Crippen LogP contribution in [0.5, 0.6) is 0 Å². The van der Waals surface area contributed by atoms with Gasteiger partial charge in [0, 0.05) is 0 Å². The molecular weight excluding hydrogens is 341 g/mol. The molecule has 0 radical (unpaired) electrons. The maximum Gasteiger partial charge on any atom is 0.311 e. The van der Waals surface area contributed by atoms with Crippen LogP contribution in [0.1, 0.15) is 11.4 Å². The first-order valence-electron chi connectivity index (χ1n) is 5.53. The zero-order chi connectivity index (χ0) is 16.1. The van der Waals surface area contributed by atoms with Gasteiger partial charge in [0.2, 0.25) is 0 Å². The highest BCUT2D eigenvalue weighted by Gasteiger charge is 2.16. The van der Waals surface area contributed by atoms with Gasteiger partial charge in [0.1, 0.15) is 18.1 Å². The quantitative estimate of drug-likeness (QED) is 0.486. The first-order chi connectivity index (χ1) is 10.5. The van der Waals surface area contributed by atoms with Crippen LogP contribution in [0.3, 0.4) is 0 Å². The molecule has 0 aliphatic carbocycles. The number of hydrogen-bond acceptors (Lipinski definition) is 8. The summed E-state index contributed by atoms with van der Waals surface area (Å²) in [5.41, 5.74) is 1.95. The number of hydroxylamine groups is 1. The number of aromatic nitrogens is 2. The Balaban J connectivity index is 2.39. The molecule has 0 fully saturated rings. The third-order valence-corrected chi connectivity index (χ3v) is 2.98. The average molecular weight is 348 g/mol. The Labute approximate surface area is 129 Å². The molecule has 9 nitrogen and oxygen atoms in total. The summed E-state index contributed by atoms with van der Waals surface area (Å²) in [6.07, 6.45) is 0. The number of aliphatic imine (C=N–C) groups is 1. The summed E-state index contributed by atoms with van der Waals surface area (Å²) < 4.78 is 41.6. The number of rotatable bonds is 4. The highest BCUT2D eigenvalue weighted by atomic mass is 35.5. The second kappa shape index (κ2) is 7.06. The van der Waals surface area contributed by atoms with Crippen LogP contribution in [0.25, 0.3) is 0 Å². The molecule has 116 valence electrons. The van der Waals surface area contributed by atoms with E-state index in [2.05, 4.69) is 24.3 Å². The molecule has 1 aromatic carbocycles. The molecule has 0 saturated carbocycles. The van der Waals surface area contributed by atoms with Crippen LogP contribution in [0.4, 0.5) is 10.1 Å². The van der Waals surface area contributed by atoms with Gasteiger partial charge in [-0.25, -0.2) is 14.0 Å². The summed E-state index contributed by atoms with van der Waals surface area (Å²) in [6.45, 7) is -0.347. The second-order valence-electron chi connectivity index (χ2n) is 3.73. The molecular formula is C10H7ClFN5O4S. The lowest BCUT2D eigenvalue weighted by molar-refractivity contribution is 0.234. The highest BCUT2D eigenvalue weighted by Crippen LogP contribution is 2.22. The van der Waals surface area contributed by atoms with Gasteiger partial charge in [-0.1, -0.05) is 16.8 Å². The molecule has 0 atom stereocenters. The lowest BCUT2D eigenvalue weighted by atomic mass is 10.3. The van der Waals surface area contributed by atoms with E-state index >= 15 is 0 Å². The first kappa shape index (κ1) is 16.0. The molecule has 2 N–H and O–H groups in total. The van der Waals surface area contributed by atoms with Gasteiger partial charge < -0.3 is 0 Å². The van der Waals surface area contributed by atoms with Crippen molar-refractivity contribution in [1.29, 1.82) is 0 Å². The van der Waals surface area contributed by atoms with Crippen molar-refractivity contribution in [3.8, 4) is 0 Å². The molecule has 0 saturated heterocycles. The Hall–Kier alpha value is -2.37. The van der Waals surface area contributed by atoms with Crippen molar-refractivity contribution in [3.05, 3.63) is 40.4 Å². The Bertz CT molecular complexity index is 843. The predicted molar refractivity (Wildman–Crippen MR) is 71.9 cm³/mol. The molecule has 2 aromatic rings. The Morgan fingerprint density at radius 3 is 2.86 bits per heavy atom. The smallest absolute Gasteiger partial charge is 0.290 e. The van der Waals surface area contributed by atoms with E-state index in [4.69, 9.17) is 16.8 Å². The third kappa shape index (κ3) is 3.84. The molecule has 0 spiro atoms. The van der Waals surface area contributed by atoms with Gasteiger partial charge in [-0.3, -0.25) is 10.7 Å². The molecule has 0 amide bonds. The first-order valence-corrected chi connectivity index (χ1v) is 6.94. The number of benzene rings is 1. The van der Waals surface area contributed by atoms with Gasteiger partial charge in [-0.15, -0.1) is 0 Å². The Morgan fingerprint density at radius 1 is 1.45 bits per heavy atom. The summed E-state index contributed by atoms with van der Waals surface area (Å²) in [6, 6.07) is 3.62. The number of halogens is 2. The van der Waals surface area contributed by atoms with Crippen LogP contribution < -0.4 is 5.48 Å². The van der Waals surface area contributed by atoms with E-state index in [0.717, 1.165) is 6.07 Å². The zero-order valence-electron chi connectivity index (χ0n) is 10.6. The fourth-order valence-electron chi connectivity index (χ4n) is 1.42. The van der Waals surface area contributed by atoms with Crippen molar-refractivity contribution in [2.75, 3.05) is 0 Å². The van der Waals surface area contributed by atoms with Crippen molar-refractivity contribution in [2.24, 2.45) is 9.36 Å². The van der Waals surface area contributed by atoms with Crippen LogP contribution >= 0.6 is 11.6 Å². The molecule has 0 aliphatic rings. The second-order valence-corrected chi connectivity index (χ2v) is 4.83. The van der Waals surface area contributed by atoms with E-state index in [1.54, 1.807) is 5.48 Å². The van der Waals surface area contributed by atoms with E-state index in [9.17, 15) is 12.8 Å². The molecule has 0 aliphatic heterocycles. The minimum atomic E-state index is -2.63. The topological polar surface area (TPSA) is 130 Å². The average Bonchev–Trinajstić information content (AvgIpc) is 2.94. The van der Waals surface area contributed by atoms with E-state index in [1.807, 2.05) is 0 Å². The SMILES string of the molecule is O=S(=O)=NCc1nonc1C(=Nc1ccc(F)c(Cl)c1)NO. The largest absolute Gasteiger partial charge is 0.311 e. The van der Waals surface area contributed by atoms with Crippen LogP contribution in [0, 0.1) is 5.82 Å². The maximum atomic E-state index is 13.1. The van der Waals surface area contributed by atoms with Gasteiger partial charge in [0.15, 0.2) is 11.5 Å². The lowest BCUT2D eigenvalue weighted by Crippen LogP contribution is -2.21. The van der Waals surface area contributed by atoms with Crippen LogP contribution in [-0.2, 0) is 17.0 Å². The summed E-state index contributed by atoms with van der Waals surface area (Å²) in [5, 5.41) is 15.9. The van der Waals surface area contributed by atoms with E-state index in [0.29, 0.717) is 0 Å².